The standard InChI is InChI=1S/C20H14F3N3O/c21-13-5-3-12(4-6-13)11-26-19(18-15(20(26)27)2-1-9-24-18)25-17-8-7-14(22)10-16(17)23/h1-10,19,25H,11H2/t19-/m1/s1. The van der Waals surface area contributed by atoms with Gasteiger partial charge in [-0.3, -0.25) is 9.78 Å². The Kier molecular flexibility index (Phi) is 4.27. The maximum absolute atomic E-state index is 14.1. The first-order valence-corrected chi connectivity index (χ1v) is 8.25. The molecule has 0 aliphatic carbocycles. The Balaban J connectivity index is 1.70. The third-order valence-corrected chi connectivity index (χ3v) is 4.39. The van der Waals surface area contributed by atoms with Gasteiger partial charge in [0.05, 0.1) is 16.9 Å². The van der Waals surface area contributed by atoms with Crippen LogP contribution < -0.4 is 5.32 Å². The van der Waals surface area contributed by atoms with E-state index in [1.807, 2.05) is 0 Å². The lowest BCUT2D eigenvalue weighted by Gasteiger charge is -2.26. The number of amides is 1. The van der Waals surface area contributed by atoms with Crippen LogP contribution in [0.5, 0.6) is 0 Å². The molecule has 2 heterocycles. The molecule has 1 N–H and O–H groups in total. The number of pyridine rings is 1. The molecule has 1 amide bonds. The lowest BCUT2D eigenvalue weighted by atomic mass is 10.2. The molecule has 136 valence electrons. The van der Waals surface area contributed by atoms with Crippen molar-refractivity contribution >= 4 is 11.6 Å². The van der Waals surface area contributed by atoms with Crippen LogP contribution in [-0.2, 0) is 6.54 Å². The number of benzene rings is 2. The van der Waals surface area contributed by atoms with E-state index in [1.54, 1.807) is 30.5 Å². The van der Waals surface area contributed by atoms with Crippen LogP contribution in [0.4, 0.5) is 18.9 Å². The quantitative estimate of drug-likeness (QED) is 0.747. The van der Waals surface area contributed by atoms with Crippen LogP contribution in [-0.4, -0.2) is 15.8 Å². The number of aromatic nitrogens is 1. The number of nitrogens with one attached hydrogen (secondary N) is 1. The lowest BCUT2D eigenvalue weighted by Crippen LogP contribution is -2.32. The monoisotopic (exact) mass is 369 g/mol. The number of fused-ring (bicyclic) bond motifs is 1. The van der Waals surface area contributed by atoms with Crippen LogP contribution in [0.2, 0.25) is 0 Å². The molecule has 7 heteroatoms. The predicted molar refractivity (Wildman–Crippen MR) is 93.2 cm³/mol. The zero-order chi connectivity index (χ0) is 19.0. The average molecular weight is 369 g/mol. The highest BCUT2D eigenvalue weighted by molar-refractivity contribution is 5.98. The number of nitrogens with zero attached hydrogens (tertiary/aromatic N) is 2. The molecule has 4 rings (SSSR count). The van der Waals surface area contributed by atoms with Gasteiger partial charge in [-0.2, -0.15) is 0 Å². The fourth-order valence-corrected chi connectivity index (χ4v) is 3.09. The van der Waals surface area contributed by atoms with E-state index in [4.69, 9.17) is 0 Å². The van der Waals surface area contributed by atoms with Crippen LogP contribution >= 0.6 is 0 Å². The summed E-state index contributed by atoms with van der Waals surface area (Å²) >= 11 is 0. The van der Waals surface area contributed by atoms with E-state index in [2.05, 4.69) is 10.3 Å². The fourth-order valence-electron chi connectivity index (χ4n) is 3.09. The molecule has 0 fully saturated rings. The van der Waals surface area contributed by atoms with Gasteiger partial charge in [0, 0.05) is 18.8 Å². The van der Waals surface area contributed by atoms with E-state index in [9.17, 15) is 18.0 Å². The summed E-state index contributed by atoms with van der Waals surface area (Å²) in [7, 11) is 0. The third kappa shape index (κ3) is 3.23. The Hall–Kier alpha value is -3.35. The first-order chi connectivity index (χ1) is 13.0. The minimum absolute atomic E-state index is 0.0526. The summed E-state index contributed by atoms with van der Waals surface area (Å²) in [5, 5.41) is 2.93. The van der Waals surface area contributed by atoms with Crippen molar-refractivity contribution in [1.29, 1.82) is 0 Å². The van der Waals surface area contributed by atoms with Crippen LogP contribution in [0, 0.1) is 17.5 Å². The van der Waals surface area contributed by atoms with E-state index >= 15 is 0 Å². The average Bonchev–Trinajstić information content (AvgIpc) is 2.92. The van der Waals surface area contributed by atoms with Gasteiger partial charge in [-0.15, -0.1) is 0 Å². The number of hydrogen-bond acceptors (Lipinski definition) is 3. The predicted octanol–water partition coefficient (Wildman–Crippen LogP) is 4.27. The highest BCUT2D eigenvalue weighted by atomic mass is 19.1. The minimum atomic E-state index is -0.770. The highest BCUT2D eigenvalue weighted by Gasteiger charge is 2.38. The number of hydrogen-bond donors (Lipinski definition) is 1. The summed E-state index contributed by atoms with van der Waals surface area (Å²) in [5.74, 6) is -2.11. The summed E-state index contributed by atoms with van der Waals surface area (Å²) in [6.45, 7) is 0.177. The SMILES string of the molecule is O=C1c2cccnc2[C@H](Nc2ccc(F)cc2F)N1Cc1ccc(F)cc1. The normalized spacial score (nSPS) is 15.7. The summed E-state index contributed by atoms with van der Waals surface area (Å²) < 4.78 is 40.4. The number of carbonyl (C=O) groups is 1. The molecule has 1 atom stereocenters. The molecule has 0 spiro atoms. The zero-order valence-electron chi connectivity index (χ0n) is 14.0. The van der Waals surface area contributed by atoms with Crippen LogP contribution in [0.1, 0.15) is 27.8 Å². The summed E-state index contributed by atoms with van der Waals surface area (Å²) in [6.07, 6.45) is 0.808. The largest absolute Gasteiger partial charge is 0.358 e. The second kappa shape index (κ2) is 6.75. The molecule has 0 saturated heterocycles. The minimum Gasteiger partial charge on any atom is -0.358 e. The Labute approximate surface area is 153 Å². The van der Waals surface area contributed by atoms with Gasteiger partial charge in [0.25, 0.3) is 5.91 Å². The van der Waals surface area contributed by atoms with E-state index in [1.165, 1.54) is 23.1 Å². The first kappa shape index (κ1) is 17.1. The Bertz CT molecular complexity index is 1010. The smallest absolute Gasteiger partial charge is 0.258 e. The maximum Gasteiger partial charge on any atom is 0.258 e. The Morgan fingerprint density at radius 1 is 1.00 bits per heavy atom. The van der Waals surface area contributed by atoms with Crippen LogP contribution in [0.3, 0.4) is 0 Å². The van der Waals surface area contributed by atoms with Crippen molar-refractivity contribution in [2.24, 2.45) is 0 Å². The van der Waals surface area contributed by atoms with Gasteiger partial charge < -0.3 is 10.2 Å². The van der Waals surface area contributed by atoms with E-state index in [-0.39, 0.29) is 24.0 Å². The first-order valence-electron chi connectivity index (χ1n) is 8.25. The number of anilines is 1. The van der Waals surface area contributed by atoms with Crippen molar-refractivity contribution in [2.75, 3.05) is 5.32 Å². The molecule has 0 radical (unpaired) electrons. The molecular weight excluding hydrogens is 355 g/mol. The van der Waals surface area contributed by atoms with Crippen molar-refractivity contribution in [1.82, 2.24) is 9.88 Å². The van der Waals surface area contributed by atoms with Gasteiger partial charge in [0.15, 0.2) is 0 Å². The van der Waals surface area contributed by atoms with Crippen molar-refractivity contribution in [3.63, 3.8) is 0 Å². The second-order valence-electron chi connectivity index (χ2n) is 6.17. The molecule has 27 heavy (non-hydrogen) atoms. The topological polar surface area (TPSA) is 45.2 Å². The second-order valence-corrected chi connectivity index (χ2v) is 6.17. The van der Waals surface area contributed by atoms with E-state index in [0.717, 1.165) is 12.1 Å². The molecular formula is C20H14F3N3O. The number of carbonyl (C=O) groups excluding carboxylic acids is 1. The molecule has 3 aromatic rings. The molecule has 0 saturated carbocycles. The molecule has 1 aliphatic rings. The van der Waals surface area contributed by atoms with Gasteiger partial charge in [0.2, 0.25) is 0 Å². The maximum atomic E-state index is 14.1. The Morgan fingerprint density at radius 3 is 2.48 bits per heavy atom. The third-order valence-electron chi connectivity index (χ3n) is 4.39. The number of halogens is 3. The van der Waals surface area contributed by atoms with Crippen molar-refractivity contribution in [3.05, 3.63) is 95.1 Å². The molecule has 2 aromatic carbocycles. The van der Waals surface area contributed by atoms with Crippen LogP contribution in [0.15, 0.2) is 60.8 Å². The lowest BCUT2D eigenvalue weighted by molar-refractivity contribution is 0.0727. The highest BCUT2D eigenvalue weighted by Crippen LogP contribution is 2.34. The zero-order valence-corrected chi connectivity index (χ0v) is 14.0. The molecule has 0 bridgehead atoms. The van der Waals surface area contributed by atoms with Gasteiger partial charge in [-0.1, -0.05) is 12.1 Å². The van der Waals surface area contributed by atoms with E-state index < -0.39 is 17.8 Å². The van der Waals surface area contributed by atoms with Crippen molar-refractivity contribution in [3.8, 4) is 0 Å². The summed E-state index contributed by atoms with van der Waals surface area (Å²) in [4.78, 5) is 18.6. The van der Waals surface area contributed by atoms with Gasteiger partial charge in [0.1, 0.15) is 23.6 Å². The molecule has 1 aromatic heterocycles. The fraction of sp³-hybridized carbons (Fsp3) is 0.100. The van der Waals surface area contributed by atoms with Crippen molar-refractivity contribution in [2.45, 2.75) is 12.7 Å². The summed E-state index contributed by atoms with van der Waals surface area (Å²) in [6, 6.07) is 12.2. The van der Waals surface area contributed by atoms with Gasteiger partial charge in [-0.05, 0) is 42.0 Å². The van der Waals surface area contributed by atoms with Gasteiger partial charge in [-0.25, -0.2) is 13.2 Å². The molecule has 1 aliphatic heterocycles. The van der Waals surface area contributed by atoms with Crippen LogP contribution in [0.25, 0.3) is 0 Å². The molecule has 4 nitrogen and oxygen atoms in total. The van der Waals surface area contributed by atoms with Gasteiger partial charge >= 0.3 is 0 Å². The van der Waals surface area contributed by atoms with E-state index in [0.29, 0.717) is 16.8 Å². The molecule has 0 unspecified atom stereocenters. The summed E-state index contributed by atoms with van der Waals surface area (Å²) in [5.41, 5.74) is 1.62. The number of rotatable bonds is 4. The van der Waals surface area contributed by atoms with Crippen molar-refractivity contribution < 1.29 is 18.0 Å². The Morgan fingerprint density at radius 2 is 1.74 bits per heavy atom.